The van der Waals surface area contributed by atoms with Gasteiger partial charge >= 0.3 is 0 Å². The molecule has 1 heterocycles. The number of carbonyl (C=O) groups excluding carboxylic acids is 1. The van der Waals surface area contributed by atoms with Crippen molar-refractivity contribution in [3.05, 3.63) is 45.9 Å². The molecule has 2 atom stereocenters. The molecule has 3 rings (SSSR count). The van der Waals surface area contributed by atoms with Crippen LogP contribution >= 0.6 is 36.2 Å². The van der Waals surface area contributed by atoms with E-state index in [0.29, 0.717) is 25.5 Å². The van der Waals surface area contributed by atoms with Gasteiger partial charge < -0.3 is 15.8 Å². The fourth-order valence-electron chi connectivity index (χ4n) is 3.21. The predicted octanol–water partition coefficient (Wildman–Crippen LogP) is 3.66. The molecule has 0 bridgehead atoms. The van der Waals surface area contributed by atoms with E-state index in [4.69, 9.17) is 10.5 Å². The molecule has 1 aromatic carbocycles. The Balaban J connectivity index is 0.00000182. The van der Waals surface area contributed by atoms with Crippen molar-refractivity contribution in [1.82, 2.24) is 10.3 Å². The lowest BCUT2D eigenvalue weighted by atomic mass is 10.0. The van der Waals surface area contributed by atoms with Crippen LogP contribution in [0.5, 0.6) is 5.75 Å². The number of nitrogens with zero attached hydrogens (tertiary/aromatic N) is 1. The number of hydrogen-bond acceptors (Lipinski definition) is 5. The second kappa shape index (κ2) is 11.5. The Morgan fingerprint density at radius 1 is 1.30 bits per heavy atom. The molecule has 3 N–H and O–H groups in total. The molecule has 1 aliphatic carbocycles. The van der Waals surface area contributed by atoms with Crippen molar-refractivity contribution in [2.75, 3.05) is 6.54 Å². The zero-order valence-electron chi connectivity index (χ0n) is 15.3. The summed E-state index contributed by atoms with van der Waals surface area (Å²) in [6.07, 6.45) is 3.60. The largest absolute Gasteiger partial charge is 0.486 e. The standard InChI is InChI=1S/C19H25N3O2S.2ClH/c1-13-5-7-16(8-6-13)24-11-19-21-15(12-25-19)9-18(23)22-17-4-2-3-14(17)10-20;;/h5-8,12,14,17H,2-4,9-11,20H2,1H3,(H,22,23);2*1H. The number of ether oxygens (including phenoxy) is 1. The van der Waals surface area contributed by atoms with Crippen LogP contribution < -0.4 is 15.8 Å². The first-order valence-electron chi connectivity index (χ1n) is 8.76. The Hall–Kier alpha value is -1.34. The Kier molecular flexibility index (Phi) is 10.1. The van der Waals surface area contributed by atoms with E-state index in [0.717, 1.165) is 35.7 Å². The van der Waals surface area contributed by atoms with Gasteiger partial charge in [-0.05, 0) is 44.4 Å². The maximum absolute atomic E-state index is 12.2. The Bertz CT molecular complexity index is 709. The SMILES string of the molecule is Cc1ccc(OCc2nc(CC(=O)NC3CCCC3CN)cs2)cc1.Cl.Cl. The molecule has 2 aromatic rings. The molecule has 1 amide bonds. The lowest BCUT2D eigenvalue weighted by Crippen LogP contribution is -2.40. The summed E-state index contributed by atoms with van der Waals surface area (Å²) in [6.45, 7) is 3.11. The summed E-state index contributed by atoms with van der Waals surface area (Å²) in [5, 5.41) is 5.93. The average molecular weight is 432 g/mol. The number of rotatable bonds is 7. The minimum absolute atomic E-state index is 0. The van der Waals surface area contributed by atoms with E-state index in [1.54, 1.807) is 0 Å². The van der Waals surface area contributed by atoms with Gasteiger partial charge in [0.2, 0.25) is 5.91 Å². The fraction of sp³-hybridized carbons (Fsp3) is 0.474. The van der Waals surface area contributed by atoms with Crippen molar-refractivity contribution in [2.24, 2.45) is 11.7 Å². The lowest BCUT2D eigenvalue weighted by molar-refractivity contribution is -0.121. The normalized spacial score (nSPS) is 18.3. The van der Waals surface area contributed by atoms with Crippen LogP contribution in [-0.2, 0) is 17.8 Å². The van der Waals surface area contributed by atoms with Crippen LogP contribution in [0.25, 0.3) is 0 Å². The van der Waals surface area contributed by atoms with Gasteiger partial charge in [-0.15, -0.1) is 36.2 Å². The molecule has 0 radical (unpaired) electrons. The summed E-state index contributed by atoms with van der Waals surface area (Å²) >= 11 is 1.53. The Labute approximate surface area is 176 Å². The van der Waals surface area contributed by atoms with Gasteiger partial charge in [0, 0.05) is 11.4 Å². The van der Waals surface area contributed by atoms with Gasteiger partial charge in [0.25, 0.3) is 0 Å². The maximum atomic E-state index is 12.2. The first-order chi connectivity index (χ1) is 12.1. The molecule has 2 unspecified atom stereocenters. The highest BCUT2D eigenvalue weighted by Gasteiger charge is 2.27. The van der Waals surface area contributed by atoms with Gasteiger partial charge in [0.15, 0.2) is 0 Å². The second-order valence-electron chi connectivity index (χ2n) is 6.61. The highest BCUT2D eigenvalue weighted by atomic mass is 35.5. The number of thiazole rings is 1. The number of halogens is 2. The van der Waals surface area contributed by atoms with Gasteiger partial charge in [-0.1, -0.05) is 24.1 Å². The molecular formula is C19H27Cl2N3O2S. The van der Waals surface area contributed by atoms with E-state index in [9.17, 15) is 4.79 Å². The van der Waals surface area contributed by atoms with Crippen LogP contribution in [0.2, 0.25) is 0 Å². The quantitative estimate of drug-likeness (QED) is 0.700. The van der Waals surface area contributed by atoms with Crippen molar-refractivity contribution in [3.63, 3.8) is 0 Å². The highest BCUT2D eigenvalue weighted by molar-refractivity contribution is 7.09. The molecule has 5 nitrogen and oxygen atoms in total. The maximum Gasteiger partial charge on any atom is 0.226 e. The minimum atomic E-state index is 0. The zero-order valence-corrected chi connectivity index (χ0v) is 17.8. The Morgan fingerprint density at radius 3 is 2.74 bits per heavy atom. The number of benzene rings is 1. The van der Waals surface area contributed by atoms with Gasteiger partial charge in [-0.3, -0.25) is 4.79 Å². The summed E-state index contributed by atoms with van der Waals surface area (Å²) < 4.78 is 5.74. The number of hydrogen-bond donors (Lipinski definition) is 2. The smallest absolute Gasteiger partial charge is 0.226 e. The third kappa shape index (κ3) is 6.96. The van der Waals surface area contributed by atoms with Crippen molar-refractivity contribution in [1.29, 1.82) is 0 Å². The number of aromatic nitrogens is 1. The van der Waals surface area contributed by atoms with E-state index in [-0.39, 0.29) is 36.8 Å². The van der Waals surface area contributed by atoms with Crippen LogP contribution in [0.3, 0.4) is 0 Å². The molecular weight excluding hydrogens is 405 g/mol. The van der Waals surface area contributed by atoms with E-state index >= 15 is 0 Å². The summed E-state index contributed by atoms with van der Waals surface area (Å²) in [5.41, 5.74) is 7.77. The molecule has 0 spiro atoms. The molecule has 0 aliphatic heterocycles. The second-order valence-corrected chi connectivity index (χ2v) is 7.55. The van der Waals surface area contributed by atoms with Crippen LogP contribution in [-0.4, -0.2) is 23.5 Å². The van der Waals surface area contributed by atoms with Crippen LogP contribution in [0.4, 0.5) is 0 Å². The minimum Gasteiger partial charge on any atom is -0.486 e. The van der Waals surface area contributed by atoms with E-state index in [1.807, 2.05) is 36.6 Å². The van der Waals surface area contributed by atoms with Crippen molar-refractivity contribution < 1.29 is 9.53 Å². The predicted molar refractivity (Wildman–Crippen MR) is 114 cm³/mol. The van der Waals surface area contributed by atoms with Gasteiger partial charge in [0.05, 0.1) is 12.1 Å². The average Bonchev–Trinajstić information content (AvgIpc) is 3.23. The molecule has 8 heteroatoms. The monoisotopic (exact) mass is 431 g/mol. The number of nitrogens with two attached hydrogens (primary N) is 1. The number of aryl methyl sites for hydroxylation is 1. The summed E-state index contributed by atoms with van der Waals surface area (Å²) in [5.74, 6) is 1.27. The van der Waals surface area contributed by atoms with E-state index < -0.39 is 0 Å². The molecule has 150 valence electrons. The third-order valence-electron chi connectivity index (χ3n) is 4.63. The first-order valence-corrected chi connectivity index (χ1v) is 9.64. The number of nitrogens with one attached hydrogen (secondary N) is 1. The molecule has 0 saturated heterocycles. The topological polar surface area (TPSA) is 77.2 Å². The van der Waals surface area contributed by atoms with Crippen LogP contribution in [0.15, 0.2) is 29.6 Å². The fourth-order valence-corrected chi connectivity index (χ4v) is 3.91. The molecule has 1 saturated carbocycles. The van der Waals surface area contributed by atoms with Crippen LogP contribution in [0, 0.1) is 12.8 Å². The Morgan fingerprint density at radius 2 is 2.04 bits per heavy atom. The molecule has 27 heavy (non-hydrogen) atoms. The highest BCUT2D eigenvalue weighted by Crippen LogP contribution is 2.24. The number of amides is 1. The first kappa shape index (κ1) is 23.7. The van der Waals surface area contributed by atoms with Crippen LogP contribution in [0.1, 0.15) is 35.5 Å². The summed E-state index contributed by atoms with van der Waals surface area (Å²) in [4.78, 5) is 16.7. The van der Waals surface area contributed by atoms with Crippen molar-refractivity contribution >= 4 is 42.1 Å². The third-order valence-corrected chi connectivity index (χ3v) is 5.50. The molecule has 1 aliphatic rings. The van der Waals surface area contributed by atoms with Gasteiger partial charge in [-0.2, -0.15) is 0 Å². The van der Waals surface area contributed by atoms with Crippen molar-refractivity contribution in [2.45, 2.75) is 45.3 Å². The summed E-state index contributed by atoms with van der Waals surface area (Å²) in [6, 6.07) is 8.16. The lowest BCUT2D eigenvalue weighted by Gasteiger charge is -2.19. The van der Waals surface area contributed by atoms with Gasteiger partial charge in [0.1, 0.15) is 17.4 Å². The van der Waals surface area contributed by atoms with E-state index in [1.165, 1.54) is 16.9 Å². The van der Waals surface area contributed by atoms with Crippen molar-refractivity contribution in [3.8, 4) is 5.75 Å². The zero-order chi connectivity index (χ0) is 17.6. The van der Waals surface area contributed by atoms with Gasteiger partial charge in [-0.25, -0.2) is 4.98 Å². The molecule has 1 aromatic heterocycles. The number of carbonyl (C=O) groups is 1. The molecule has 1 fully saturated rings. The summed E-state index contributed by atoms with van der Waals surface area (Å²) in [7, 11) is 0. The van der Waals surface area contributed by atoms with E-state index in [2.05, 4.69) is 10.3 Å².